The van der Waals surface area contributed by atoms with Gasteiger partial charge in [0.2, 0.25) is 0 Å². The van der Waals surface area contributed by atoms with Gasteiger partial charge in [-0.25, -0.2) is 0 Å². The maximum absolute atomic E-state index is 6.07. The molecule has 0 aromatic heterocycles. The SMILES string of the molecule is Cc1ccc(COC2CCN(c3ccccc3N)CC2)cc1. The molecule has 1 aliphatic rings. The molecule has 0 atom stereocenters. The quantitative estimate of drug-likeness (QED) is 0.873. The highest BCUT2D eigenvalue weighted by atomic mass is 16.5. The lowest BCUT2D eigenvalue weighted by Crippen LogP contribution is -2.37. The third kappa shape index (κ3) is 3.60. The van der Waals surface area contributed by atoms with E-state index in [9.17, 15) is 0 Å². The molecule has 0 bridgehead atoms. The van der Waals surface area contributed by atoms with Gasteiger partial charge in [0.25, 0.3) is 0 Å². The van der Waals surface area contributed by atoms with Gasteiger partial charge in [-0.15, -0.1) is 0 Å². The van der Waals surface area contributed by atoms with E-state index in [0.717, 1.165) is 37.3 Å². The fourth-order valence-corrected chi connectivity index (χ4v) is 2.94. The topological polar surface area (TPSA) is 38.5 Å². The summed E-state index contributed by atoms with van der Waals surface area (Å²) in [6, 6.07) is 16.7. The van der Waals surface area contributed by atoms with Crippen molar-refractivity contribution < 1.29 is 4.74 Å². The number of nitrogen functional groups attached to an aromatic ring is 1. The monoisotopic (exact) mass is 296 g/mol. The van der Waals surface area contributed by atoms with E-state index >= 15 is 0 Å². The number of hydrogen-bond donors (Lipinski definition) is 1. The molecule has 2 aromatic carbocycles. The van der Waals surface area contributed by atoms with Crippen LogP contribution in [0.15, 0.2) is 48.5 Å². The zero-order valence-electron chi connectivity index (χ0n) is 13.2. The standard InChI is InChI=1S/C19H24N2O/c1-15-6-8-16(9-7-15)14-22-17-10-12-21(13-11-17)19-5-3-2-4-18(19)20/h2-9,17H,10-14,20H2,1H3. The Morgan fingerprint density at radius 2 is 1.73 bits per heavy atom. The molecule has 1 heterocycles. The van der Waals surface area contributed by atoms with Gasteiger partial charge in [-0.2, -0.15) is 0 Å². The Morgan fingerprint density at radius 3 is 2.41 bits per heavy atom. The average Bonchev–Trinajstić information content (AvgIpc) is 2.55. The minimum atomic E-state index is 0.350. The summed E-state index contributed by atoms with van der Waals surface area (Å²) >= 11 is 0. The minimum Gasteiger partial charge on any atom is -0.397 e. The van der Waals surface area contributed by atoms with Gasteiger partial charge in [-0.3, -0.25) is 0 Å². The second kappa shape index (κ2) is 6.84. The van der Waals surface area contributed by atoms with Crippen molar-refractivity contribution in [3.63, 3.8) is 0 Å². The summed E-state index contributed by atoms with van der Waals surface area (Å²) in [4.78, 5) is 2.36. The summed E-state index contributed by atoms with van der Waals surface area (Å²) in [6.07, 6.45) is 2.46. The van der Waals surface area contributed by atoms with E-state index < -0.39 is 0 Å². The van der Waals surface area contributed by atoms with Crippen LogP contribution in [0.3, 0.4) is 0 Å². The van der Waals surface area contributed by atoms with Gasteiger partial charge in [-0.05, 0) is 37.5 Å². The molecule has 0 aliphatic carbocycles. The molecule has 3 heteroatoms. The van der Waals surface area contributed by atoms with E-state index in [1.165, 1.54) is 11.1 Å². The molecule has 0 radical (unpaired) electrons. The number of rotatable bonds is 4. The number of para-hydroxylation sites is 2. The first-order valence-electron chi connectivity index (χ1n) is 7.99. The maximum Gasteiger partial charge on any atom is 0.0720 e. The maximum atomic E-state index is 6.07. The first-order valence-corrected chi connectivity index (χ1v) is 7.99. The van der Waals surface area contributed by atoms with E-state index in [2.05, 4.69) is 42.2 Å². The average molecular weight is 296 g/mol. The fourth-order valence-electron chi connectivity index (χ4n) is 2.94. The number of nitrogens with two attached hydrogens (primary N) is 1. The van der Waals surface area contributed by atoms with Crippen molar-refractivity contribution in [3.05, 3.63) is 59.7 Å². The number of anilines is 2. The highest BCUT2D eigenvalue weighted by molar-refractivity contribution is 5.67. The van der Waals surface area contributed by atoms with Crippen LogP contribution in [-0.4, -0.2) is 19.2 Å². The fraction of sp³-hybridized carbons (Fsp3) is 0.368. The minimum absolute atomic E-state index is 0.350. The largest absolute Gasteiger partial charge is 0.397 e. The Morgan fingerprint density at radius 1 is 1.05 bits per heavy atom. The molecule has 1 saturated heterocycles. The molecule has 0 spiro atoms. The molecule has 3 nitrogen and oxygen atoms in total. The number of piperidine rings is 1. The molecule has 2 N–H and O–H groups in total. The van der Waals surface area contributed by atoms with Crippen molar-refractivity contribution in [1.82, 2.24) is 0 Å². The summed E-state index contributed by atoms with van der Waals surface area (Å²) in [7, 11) is 0. The van der Waals surface area contributed by atoms with Crippen LogP contribution in [0.2, 0.25) is 0 Å². The first-order chi connectivity index (χ1) is 10.7. The molecule has 1 aliphatic heterocycles. The van der Waals surface area contributed by atoms with Crippen LogP contribution in [0.4, 0.5) is 11.4 Å². The first kappa shape index (κ1) is 14.9. The number of aryl methyl sites for hydroxylation is 1. The van der Waals surface area contributed by atoms with Gasteiger partial charge in [0.1, 0.15) is 0 Å². The van der Waals surface area contributed by atoms with Gasteiger partial charge in [0.15, 0.2) is 0 Å². The second-order valence-corrected chi connectivity index (χ2v) is 6.04. The summed E-state index contributed by atoms with van der Waals surface area (Å²) < 4.78 is 6.07. The van der Waals surface area contributed by atoms with Crippen molar-refractivity contribution in [2.45, 2.75) is 32.5 Å². The lowest BCUT2D eigenvalue weighted by molar-refractivity contribution is 0.0251. The number of benzene rings is 2. The summed E-state index contributed by atoms with van der Waals surface area (Å²) in [5, 5.41) is 0. The van der Waals surface area contributed by atoms with Crippen molar-refractivity contribution >= 4 is 11.4 Å². The van der Waals surface area contributed by atoms with Crippen LogP contribution < -0.4 is 10.6 Å². The van der Waals surface area contributed by atoms with Crippen molar-refractivity contribution in [2.24, 2.45) is 0 Å². The molecule has 1 fully saturated rings. The van der Waals surface area contributed by atoms with Crippen molar-refractivity contribution in [1.29, 1.82) is 0 Å². The highest BCUT2D eigenvalue weighted by Gasteiger charge is 2.20. The second-order valence-electron chi connectivity index (χ2n) is 6.04. The predicted molar refractivity (Wildman–Crippen MR) is 92.1 cm³/mol. The van der Waals surface area contributed by atoms with Gasteiger partial charge in [0.05, 0.1) is 24.1 Å². The van der Waals surface area contributed by atoms with Crippen LogP contribution in [0.25, 0.3) is 0 Å². The molecule has 2 aromatic rings. The Kier molecular flexibility index (Phi) is 4.64. The third-order valence-corrected chi connectivity index (χ3v) is 4.33. The van der Waals surface area contributed by atoms with Crippen LogP contribution >= 0.6 is 0 Å². The van der Waals surface area contributed by atoms with Gasteiger partial charge >= 0.3 is 0 Å². The van der Waals surface area contributed by atoms with Crippen LogP contribution in [-0.2, 0) is 11.3 Å². The van der Waals surface area contributed by atoms with E-state index in [1.54, 1.807) is 0 Å². The molecule has 0 amide bonds. The van der Waals surface area contributed by atoms with Crippen molar-refractivity contribution in [3.8, 4) is 0 Å². The Hall–Kier alpha value is -2.00. The third-order valence-electron chi connectivity index (χ3n) is 4.33. The summed E-state index contributed by atoms with van der Waals surface area (Å²) in [6.45, 7) is 4.83. The number of hydrogen-bond acceptors (Lipinski definition) is 3. The van der Waals surface area contributed by atoms with E-state index in [0.29, 0.717) is 12.7 Å². The van der Waals surface area contributed by atoms with E-state index in [1.807, 2.05) is 18.2 Å². The predicted octanol–water partition coefficient (Wildman–Crippen LogP) is 3.76. The normalized spacial score (nSPS) is 16.0. The smallest absolute Gasteiger partial charge is 0.0720 e. The van der Waals surface area contributed by atoms with Crippen molar-refractivity contribution in [2.75, 3.05) is 23.7 Å². The zero-order chi connectivity index (χ0) is 15.4. The summed E-state index contributed by atoms with van der Waals surface area (Å²) in [5.41, 5.74) is 10.6. The zero-order valence-corrected chi connectivity index (χ0v) is 13.2. The molecule has 22 heavy (non-hydrogen) atoms. The molecule has 0 unspecified atom stereocenters. The molecule has 0 saturated carbocycles. The Bertz CT molecular complexity index is 601. The lowest BCUT2D eigenvalue weighted by Gasteiger charge is -2.34. The van der Waals surface area contributed by atoms with Crippen LogP contribution in [0.1, 0.15) is 24.0 Å². The van der Waals surface area contributed by atoms with E-state index in [-0.39, 0.29) is 0 Å². The molecule has 116 valence electrons. The Balaban J connectivity index is 1.50. The van der Waals surface area contributed by atoms with Gasteiger partial charge in [0, 0.05) is 13.1 Å². The van der Waals surface area contributed by atoms with Crippen LogP contribution in [0, 0.1) is 6.92 Å². The molecular formula is C19H24N2O. The van der Waals surface area contributed by atoms with Crippen LogP contribution in [0.5, 0.6) is 0 Å². The summed E-state index contributed by atoms with van der Waals surface area (Å²) in [5.74, 6) is 0. The van der Waals surface area contributed by atoms with Gasteiger partial charge < -0.3 is 15.4 Å². The molecule has 3 rings (SSSR count). The Labute approximate surface area is 132 Å². The number of ether oxygens (including phenoxy) is 1. The highest BCUT2D eigenvalue weighted by Crippen LogP contribution is 2.26. The number of nitrogens with zero attached hydrogens (tertiary/aromatic N) is 1. The van der Waals surface area contributed by atoms with Gasteiger partial charge in [-0.1, -0.05) is 42.0 Å². The van der Waals surface area contributed by atoms with E-state index in [4.69, 9.17) is 10.5 Å². The molecular weight excluding hydrogens is 272 g/mol. The lowest BCUT2D eigenvalue weighted by atomic mass is 10.1.